The molecule has 0 amide bonds. The molecule has 0 heterocycles. The van der Waals surface area contributed by atoms with E-state index < -0.39 is 12.6 Å². The van der Waals surface area contributed by atoms with E-state index in [1.165, 1.54) is 44.9 Å². The Balaban J connectivity index is 1.37. The first-order valence-corrected chi connectivity index (χ1v) is 8.22. The van der Waals surface area contributed by atoms with Crippen LogP contribution >= 0.6 is 0 Å². The smallest absolute Gasteiger partial charge is 0.317 e. The van der Waals surface area contributed by atoms with E-state index in [1.807, 2.05) is 0 Å². The van der Waals surface area contributed by atoms with Gasteiger partial charge in [0.25, 0.3) is 0 Å². The molecule has 116 valence electrons. The van der Waals surface area contributed by atoms with Gasteiger partial charge in [-0.2, -0.15) is 13.2 Å². The molecule has 4 saturated carbocycles. The van der Waals surface area contributed by atoms with Crippen LogP contribution in [0.15, 0.2) is 0 Å². The fraction of sp³-hybridized carbons (Fsp3) is 1.00. The third-order valence-corrected chi connectivity index (χ3v) is 5.81. The highest BCUT2D eigenvalue weighted by atomic mass is 19.4. The average molecular weight is 289 g/mol. The van der Waals surface area contributed by atoms with E-state index >= 15 is 0 Å². The van der Waals surface area contributed by atoms with Crippen molar-refractivity contribution in [1.29, 1.82) is 0 Å². The molecular weight excluding hydrogens is 263 g/mol. The van der Waals surface area contributed by atoms with Crippen molar-refractivity contribution >= 4 is 0 Å². The Kier molecular flexibility index (Phi) is 4.04. The lowest BCUT2D eigenvalue weighted by Gasteiger charge is -2.57. The van der Waals surface area contributed by atoms with Gasteiger partial charge in [0.1, 0.15) is 0 Å². The van der Waals surface area contributed by atoms with Crippen LogP contribution in [0.25, 0.3) is 0 Å². The summed E-state index contributed by atoms with van der Waals surface area (Å²) < 4.78 is 36.1. The van der Waals surface area contributed by atoms with Crippen LogP contribution in [0.3, 0.4) is 0 Å². The maximum Gasteiger partial charge on any atom is 0.389 e. The molecule has 4 rings (SSSR count). The first kappa shape index (κ1) is 14.7. The van der Waals surface area contributed by atoms with Gasteiger partial charge in [-0.3, -0.25) is 0 Å². The van der Waals surface area contributed by atoms with Gasteiger partial charge in [-0.25, -0.2) is 0 Å². The molecule has 0 aromatic rings. The highest BCUT2D eigenvalue weighted by Crippen LogP contribution is 2.61. The van der Waals surface area contributed by atoms with Crippen molar-refractivity contribution in [3.8, 4) is 0 Å². The van der Waals surface area contributed by atoms with Gasteiger partial charge in [0.2, 0.25) is 0 Å². The van der Waals surface area contributed by atoms with Crippen molar-refractivity contribution in [2.24, 2.45) is 23.2 Å². The molecule has 4 bridgehead atoms. The van der Waals surface area contributed by atoms with E-state index in [0.29, 0.717) is 12.0 Å². The summed E-state index contributed by atoms with van der Waals surface area (Å²) >= 11 is 0. The molecule has 0 aromatic heterocycles. The van der Waals surface area contributed by atoms with Gasteiger partial charge in [0.15, 0.2) is 0 Å². The summed E-state index contributed by atoms with van der Waals surface area (Å²) in [5.74, 6) is 2.89. The molecule has 20 heavy (non-hydrogen) atoms. The van der Waals surface area contributed by atoms with Crippen molar-refractivity contribution < 1.29 is 13.2 Å². The van der Waals surface area contributed by atoms with Crippen molar-refractivity contribution in [3.05, 3.63) is 0 Å². The quantitative estimate of drug-likeness (QED) is 0.709. The molecule has 0 saturated heterocycles. The molecule has 0 unspecified atom stereocenters. The minimum atomic E-state index is -4.00. The average Bonchev–Trinajstić information content (AvgIpc) is 2.30. The molecule has 0 atom stereocenters. The lowest BCUT2D eigenvalue weighted by Crippen LogP contribution is -2.47. The minimum absolute atomic E-state index is 0.213. The maximum atomic E-state index is 12.0. The molecule has 1 N–H and O–H groups in total. The van der Waals surface area contributed by atoms with E-state index in [0.717, 1.165) is 24.3 Å². The highest BCUT2D eigenvalue weighted by Gasteiger charge is 2.50. The fourth-order valence-corrected chi connectivity index (χ4v) is 5.49. The lowest BCUT2D eigenvalue weighted by molar-refractivity contribution is -0.135. The van der Waals surface area contributed by atoms with Crippen LogP contribution in [0.4, 0.5) is 13.2 Å². The van der Waals surface area contributed by atoms with Crippen molar-refractivity contribution in [2.45, 2.75) is 64.0 Å². The number of nitrogens with one attached hydrogen (secondary N) is 1. The predicted molar refractivity (Wildman–Crippen MR) is 73.4 cm³/mol. The summed E-state index contributed by atoms with van der Waals surface area (Å²) in [6.07, 6.45) is 5.29. The molecule has 0 spiro atoms. The first-order chi connectivity index (χ1) is 9.44. The van der Waals surface area contributed by atoms with E-state index in [1.54, 1.807) is 0 Å². The lowest BCUT2D eigenvalue weighted by atomic mass is 9.49. The number of hydrogen-bond donors (Lipinski definition) is 1. The molecule has 4 aliphatic rings. The molecule has 4 heteroatoms. The predicted octanol–water partition coefficient (Wildman–Crippen LogP) is 4.53. The van der Waals surface area contributed by atoms with Crippen molar-refractivity contribution in [1.82, 2.24) is 5.32 Å². The van der Waals surface area contributed by atoms with Gasteiger partial charge in [-0.1, -0.05) is 0 Å². The van der Waals surface area contributed by atoms with Crippen molar-refractivity contribution in [3.63, 3.8) is 0 Å². The fourth-order valence-electron chi connectivity index (χ4n) is 5.49. The molecule has 0 aliphatic heterocycles. The van der Waals surface area contributed by atoms with Gasteiger partial charge in [0, 0.05) is 6.42 Å². The van der Waals surface area contributed by atoms with Crippen LogP contribution < -0.4 is 5.32 Å². The Morgan fingerprint density at radius 3 is 1.95 bits per heavy atom. The van der Waals surface area contributed by atoms with Crippen LogP contribution in [0.2, 0.25) is 0 Å². The van der Waals surface area contributed by atoms with Gasteiger partial charge < -0.3 is 5.32 Å². The third kappa shape index (κ3) is 3.49. The molecule has 4 fully saturated rings. The van der Waals surface area contributed by atoms with E-state index in [2.05, 4.69) is 5.32 Å². The minimum Gasteiger partial charge on any atom is -0.317 e. The maximum absolute atomic E-state index is 12.0. The van der Waals surface area contributed by atoms with Crippen LogP contribution in [0.1, 0.15) is 57.8 Å². The van der Waals surface area contributed by atoms with E-state index in [4.69, 9.17) is 0 Å². The summed E-state index contributed by atoms with van der Waals surface area (Å²) in [5, 5.41) is 3.23. The molecule has 0 radical (unpaired) electrons. The van der Waals surface area contributed by atoms with E-state index in [9.17, 15) is 13.2 Å². The van der Waals surface area contributed by atoms with Crippen LogP contribution in [0.5, 0.6) is 0 Å². The summed E-state index contributed by atoms with van der Waals surface area (Å²) in [7, 11) is 0. The molecule has 1 nitrogen and oxygen atoms in total. The largest absolute Gasteiger partial charge is 0.389 e. The SMILES string of the molecule is FC(F)(F)CCCNCCC12CC3CC(CC(C3)C1)C2. The standard InChI is InChI=1S/C16H26F3N/c17-16(18,19)2-1-4-20-5-3-15-9-12-6-13(10-15)8-14(7-12)11-15/h12-14,20H,1-11H2. The zero-order chi connectivity index (χ0) is 14.2. The molecule has 0 aromatic carbocycles. The Labute approximate surface area is 119 Å². The van der Waals surface area contributed by atoms with Gasteiger partial charge >= 0.3 is 6.18 Å². The Morgan fingerprint density at radius 1 is 0.900 bits per heavy atom. The van der Waals surface area contributed by atoms with E-state index in [-0.39, 0.29) is 6.42 Å². The van der Waals surface area contributed by atoms with Crippen LogP contribution in [-0.2, 0) is 0 Å². The van der Waals surface area contributed by atoms with Gasteiger partial charge in [0.05, 0.1) is 0 Å². The zero-order valence-electron chi connectivity index (χ0n) is 12.1. The number of rotatable bonds is 6. The Hall–Kier alpha value is -0.250. The second kappa shape index (κ2) is 5.51. The highest BCUT2D eigenvalue weighted by molar-refractivity contribution is 5.01. The number of hydrogen-bond acceptors (Lipinski definition) is 1. The van der Waals surface area contributed by atoms with Crippen LogP contribution in [-0.4, -0.2) is 19.3 Å². The second-order valence-electron chi connectivity index (χ2n) is 7.64. The second-order valence-corrected chi connectivity index (χ2v) is 7.64. The topological polar surface area (TPSA) is 12.0 Å². The summed E-state index contributed by atoms with van der Waals surface area (Å²) in [5.41, 5.74) is 0.547. The monoisotopic (exact) mass is 289 g/mol. The summed E-state index contributed by atoms with van der Waals surface area (Å²) in [6, 6.07) is 0. The number of alkyl halides is 3. The van der Waals surface area contributed by atoms with Crippen molar-refractivity contribution in [2.75, 3.05) is 13.1 Å². The third-order valence-electron chi connectivity index (χ3n) is 5.81. The first-order valence-electron chi connectivity index (χ1n) is 8.22. The number of halogens is 3. The Morgan fingerprint density at radius 2 is 1.45 bits per heavy atom. The normalized spacial score (nSPS) is 39.5. The van der Waals surface area contributed by atoms with Gasteiger partial charge in [-0.05, 0) is 87.6 Å². The summed E-state index contributed by atoms with van der Waals surface area (Å²) in [4.78, 5) is 0. The molecular formula is C16H26F3N. The van der Waals surface area contributed by atoms with Crippen LogP contribution in [0, 0.1) is 23.2 Å². The Bertz CT molecular complexity index is 302. The summed E-state index contributed by atoms with van der Waals surface area (Å²) in [6.45, 7) is 1.41. The zero-order valence-corrected chi connectivity index (χ0v) is 12.1. The van der Waals surface area contributed by atoms with Gasteiger partial charge in [-0.15, -0.1) is 0 Å². The molecule has 4 aliphatic carbocycles.